The molecule has 2 unspecified atom stereocenters. The average molecular weight is 459 g/mol. The second kappa shape index (κ2) is 22.7. The van der Waals surface area contributed by atoms with Gasteiger partial charge in [-0.2, -0.15) is 0 Å². The van der Waals surface area contributed by atoms with Gasteiger partial charge in [-0.3, -0.25) is 0 Å². The maximum Gasteiger partial charge on any atom is 1.00 e. The molecular weight excluding hydrogens is 411 g/mol. The number of hydrogen-bond acceptors (Lipinski definition) is 4. The number of aliphatic hydroxyl groups excluding tert-OH is 1. The molecule has 0 saturated heterocycles. The van der Waals surface area contributed by atoms with Crippen LogP contribution in [0.1, 0.15) is 136 Å². The Labute approximate surface area is 224 Å². The van der Waals surface area contributed by atoms with E-state index in [1.54, 1.807) is 0 Å². The van der Waals surface area contributed by atoms with Gasteiger partial charge >= 0.3 is 51.4 Å². The molecule has 6 heteroatoms. The summed E-state index contributed by atoms with van der Waals surface area (Å²) in [4.78, 5) is 0. The topological polar surface area (TPSA) is 77.4 Å². The molecule has 4 nitrogen and oxygen atoms in total. The van der Waals surface area contributed by atoms with Gasteiger partial charge in [0.15, 0.2) is 0 Å². The first-order chi connectivity index (χ1) is 13.4. The van der Waals surface area contributed by atoms with Gasteiger partial charge in [0.25, 0.3) is 0 Å². The minimum Gasteiger partial charge on any atom is -0.748 e. The largest absolute Gasteiger partial charge is 1.00 e. The van der Waals surface area contributed by atoms with Gasteiger partial charge in [0.1, 0.15) is 0 Å². The smallest absolute Gasteiger partial charge is 0.748 e. The van der Waals surface area contributed by atoms with Crippen LogP contribution in [0.2, 0.25) is 0 Å². The van der Waals surface area contributed by atoms with Crippen LogP contribution in [0, 0.1) is 0 Å². The first-order valence-electron chi connectivity index (χ1n) is 12.0. The van der Waals surface area contributed by atoms with E-state index in [2.05, 4.69) is 6.92 Å². The molecule has 1 N–H and O–H groups in total. The van der Waals surface area contributed by atoms with E-state index in [0.717, 1.165) is 51.4 Å². The van der Waals surface area contributed by atoms with E-state index in [1.165, 1.54) is 57.8 Å². The quantitative estimate of drug-likeness (QED) is 0.162. The minimum atomic E-state index is -4.17. The summed E-state index contributed by atoms with van der Waals surface area (Å²) in [5.41, 5.74) is 0. The standard InChI is InChI=1S/C23H48O4S.K/c1-3-5-7-8-9-10-11-12-13-15-18-22(24)19-16-14-17-21-23(20-6-4-2)28(25,26)27;/h22-24H,3-21H2,1-2H3,(H,25,26,27);/q;+1/p-1. The third-order valence-corrected chi connectivity index (χ3v) is 7.03. The zero-order valence-corrected chi connectivity index (χ0v) is 23.6. The van der Waals surface area contributed by atoms with Gasteiger partial charge in [0, 0.05) is 5.25 Å². The molecule has 0 bridgehead atoms. The Morgan fingerprint density at radius 3 is 1.41 bits per heavy atom. The molecule has 0 heterocycles. The zero-order valence-electron chi connectivity index (χ0n) is 19.7. The Bertz CT molecular complexity index is 429. The fourth-order valence-corrected chi connectivity index (χ4v) is 4.72. The molecular formula is C23H47KO4S. The second-order valence-corrected chi connectivity index (χ2v) is 10.2. The van der Waals surface area contributed by atoms with Crippen LogP contribution >= 0.6 is 0 Å². The summed E-state index contributed by atoms with van der Waals surface area (Å²) in [7, 11) is -4.17. The van der Waals surface area contributed by atoms with E-state index in [0.29, 0.717) is 12.8 Å². The van der Waals surface area contributed by atoms with Crippen molar-refractivity contribution in [2.24, 2.45) is 0 Å². The number of aliphatic hydroxyl groups is 1. The summed E-state index contributed by atoms with van der Waals surface area (Å²) in [5, 5.41) is 9.36. The van der Waals surface area contributed by atoms with Crippen molar-refractivity contribution in [3.63, 3.8) is 0 Å². The van der Waals surface area contributed by atoms with Crippen LogP contribution in [0.5, 0.6) is 0 Å². The van der Waals surface area contributed by atoms with Crippen LogP contribution in [0.3, 0.4) is 0 Å². The van der Waals surface area contributed by atoms with Crippen molar-refractivity contribution in [3.05, 3.63) is 0 Å². The Morgan fingerprint density at radius 1 is 0.621 bits per heavy atom. The summed E-state index contributed by atoms with van der Waals surface area (Å²) >= 11 is 0. The van der Waals surface area contributed by atoms with Crippen molar-refractivity contribution in [3.8, 4) is 0 Å². The van der Waals surface area contributed by atoms with Crippen LogP contribution in [-0.4, -0.2) is 29.4 Å². The molecule has 29 heavy (non-hydrogen) atoms. The number of hydrogen-bond donors (Lipinski definition) is 1. The van der Waals surface area contributed by atoms with Crippen molar-refractivity contribution in [2.75, 3.05) is 0 Å². The number of unbranched alkanes of at least 4 members (excludes halogenated alkanes) is 12. The van der Waals surface area contributed by atoms with E-state index in [-0.39, 0.29) is 57.5 Å². The molecule has 0 aromatic heterocycles. The summed E-state index contributed by atoms with van der Waals surface area (Å²) in [5.74, 6) is 0. The Hall–Kier alpha value is 1.51. The Kier molecular flexibility index (Phi) is 25.6. The van der Waals surface area contributed by atoms with Crippen molar-refractivity contribution >= 4 is 10.1 Å². The van der Waals surface area contributed by atoms with Gasteiger partial charge in [0.05, 0.1) is 16.2 Å². The Balaban J connectivity index is 0. The third-order valence-electron chi connectivity index (χ3n) is 5.74. The van der Waals surface area contributed by atoms with Crippen molar-refractivity contribution in [1.82, 2.24) is 0 Å². The van der Waals surface area contributed by atoms with E-state index < -0.39 is 15.4 Å². The predicted octanol–water partition coefficient (Wildman–Crippen LogP) is 3.72. The van der Waals surface area contributed by atoms with Crippen LogP contribution in [-0.2, 0) is 10.1 Å². The molecule has 0 fully saturated rings. The van der Waals surface area contributed by atoms with Gasteiger partial charge in [-0.1, -0.05) is 110 Å². The van der Waals surface area contributed by atoms with E-state index in [1.807, 2.05) is 6.92 Å². The SMILES string of the molecule is CCCCCCCCCCCCC(O)CCCCCC(CCCC)S(=O)(=O)[O-].[K+]. The molecule has 0 aliphatic rings. The minimum absolute atomic E-state index is 0. The number of rotatable bonds is 21. The molecule has 0 aromatic rings. The maximum absolute atomic E-state index is 11.3. The van der Waals surface area contributed by atoms with Gasteiger partial charge in [0.2, 0.25) is 0 Å². The molecule has 0 amide bonds. The predicted molar refractivity (Wildman–Crippen MR) is 119 cm³/mol. The van der Waals surface area contributed by atoms with Crippen molar-refractivity contribution < 1.29 is 69.5 Å². The van der Waals surface area contributed by atoms with Gasteiger partial charge in [-0.25, -0.2) is 8.42 Å². The first-order valence-corrected chi connectivity index (χ1v) is 13.5. The normalized spacial score (nSPS) is 13.8. The molecule has 0 radical (unpaired) electrons. The van der Waals surface area contributed by atoms with Crippen LogP contribution < -0.4 is 51.4 Å². The summed E-state index contributed by atoms with van der Waals surface area (Å²) in [6.07, 6.45) is 19.8. The summed E-state index contributed by atoms with van der Waals surface area (Å²) in [6.45, 7) is 4.25. The maximum atomic E-state index is 11.3. The van der Waals surface area contributed by atoms with Crippen LogP contribution in [0.4, 0.5) is 0 Å². The molecule has 0 aliphatic carbocycles. The average Bonchev–Trinajstić information content (AvgIpc) is 2.64. The van der Waals surface area contributed by atoms with Gasteiger partial charge in [-0.05, 0) is 25.7 Å². The molecule has 170 valence electrons. The fourth-order valence-electron chi connectivity index (χ4n) is 3.81. The summed E-state index contributed by atoms with van der Waals surface area (Å²) < 4.78 is 33.9. The molecule has 0 aromatic carbocycles. The van der Waals surface area contributed by atoms with Crippen molar-refractivity contribution in [1.29, 1.82) is 0 Å². The van der Waals surface area contributed by atoms with Crippen LogP contribution in [0.15, 0.2) is 0 Å². The molecule has 0 spiro atoms. The van der Waals surface area contributed by atoms with Gasteiger partial charge in [-0.15, -0.1) is 0 Å². The molecule has 0 rings (SSSR count). The van der Waals surface area contributed by atoms with E-state index >= 15 is 0 Å². The first kappa shape index (κ1) is 32.7. The third kappa shape index (κ3) is 22.5. The monoisotopic (exact) mass is 458 g/mol. The zero-order chi connectivity index (χ0) is 21.1. The molecule has 0 aliphatic heterocycles. The second-order valence-electron chi connectivity index (χ2n) is 8.52. The fraction of sp³-hybridized carbons (Fsp3) is 1.00. The van der Waals surface area contributed by atoms with Crippen LogP contribution in [0.25, 0.3) is 0 Å². The van der Waals surface area contributed by atoms with Crippen molar-refractivity contribution in [2.45, 2.75) is 147 Å². The summed E-state index contributed by atoms with van der Waals surface area (Å²) in [6, 6.07) is 0. The van der Waals surface area contributed by atoms with E-state index in [9.17, 15) is 18.1 Å². The molecule has 2 atom stereocenters. The molecule has 0 saturated carbocycles. The Morgan fingerprint density at radius 2 is 0.966 bits per heavy atom. The van der Waals surface area contributed by atoms with Gasteiger partial charge < -0.3 is 9.66 Å². The van der Waals surface area contributed by atoms with E-state index in [4.69, 9.17) is 0 Å².